The van der Waals surface area contributed by atoms with Crippen LogP contribution in [-0.4, -0.2) is 25.8 Å². The first-order valence-corrected chi connectivity index (χ1v) is 6.66. The molecule has 0 bridgehead atoms. The fourth-order valence-electron chi connectivity index (χ4n) is 2.54. The minimum atomic E-state index is -0.888. The van der Waals surface area contributed by atoms with E-state index in [2.05, 4.69) is 10.00 Å². The van der Waals surface area contributed by atoms with Crippen LogP contribution in [0.15, 0.2) is 24.4 Å². The van der Waals surface area contributed by atoms with Crippen molar-refractivity contribution in [3.8, 4) is 0 Å². The summed E-state index contributed by atoms with van der Waals surface area (Å²) in [6.45, 7) is 2.24. The number of carbonyl (C=O) groups is 1. The molecule has 1 aliphatic heterocycles. The number of hydrogen-bond donors (Lipinski definition) is 1. The minimum Gasteiger partial charge on any atom is -0.478 e. The van der Waals surface area contributed by atoms with Crippen molar-refractivity contribution in [3.63, 3.8) is 0 Å². The molecule has 2 aromatic rings. The Balaban J connectivity index is 1.79. The molecular weight excluding hydrogens is 278 g/mol. The fourth-order valence-corrected chi connectivity index (χ4v) is 2.76. The summed E-state index contributed by atoms with van der Waals surface area (Å²) in [4.78, 5) is 13.2. The maximum absolute atomic E-state index is 11.0. The average molecular weight is 292 g/mol. The molecule has 6 heteroatoms. The Morgan fingerprint density at radius 2 is 2.15 bits per heavy atom. The topological polar surface area (TPSA) is 58.4 Å². The first-order chi connectivity index (χ1) is 9.54. The maximum atomic E-state index is 11.0. The van der Waals surface area contributed by atoms with Gasteiger partial charge in [-0.15, -0.1) is 0 Å². The number of carboxylic acid groups (broad SMARTS) is 1. The Kier molecular flexibility index (Phi) is 3.23. The lowest BCUT2D eigenvalue weighted by Crippen LogP contribution is -2.18. The van der Waals surface area contributed by atoms with E-state index in [1.54, 1.807) is 23.0 Å². The van der Waals surface area contributed by atoms with Crippen LogP contribution in [0.5, 0.6) is 0 Å². The second-order valence-corrected chi connectivity index (χ2v) is 5.40. The van der Waals surface area contributed by atoms with Gasteiger partial charge in [0.1, 0.15) is 0 Å². The lowest BCUT2D eigenvalue weighted by molar-refractivity contribution is 0.0696. The van der Waals surface area contributed by atoms with E-state index in [0.717, 1.165) is 24.3 Å². The van der Waals surface area contributed by atoms with Gasteiger partial charge in [0, 0.05) is 26.7 Å². The Morgan fingerprint density at radius 3 is 2.80 bits per heavy atom. The Morgan fingerprint density at radius 1 is 1.40 bits per heavy atom. The number of aryl methyl sites for hydroxylation is 1. The van der Waals surface area contributed by atoms with Gasteiger partial charge >= 0.3 is 5.97 Å². The normalized spacial score (nSPS) is 14.5. The van der Waals surface area contributed by atoms with Crippen molar-refractivity contribution >= 4 is 17.6 Å². The van der Waals surface area contributed by atoms with E-state index in [-0.39, 0.29) is 0 Å². The summed E-state index contributed by atoms with van der Waals surface area (Å²) in [5, 5.41) is 13.8. The van der Waals surface area contributed by atoms with Crippen LogP contribution in [0.1, 0.15) is 27.2 Å². The summed E-state index contributed by atoms with van der Waals surface area (Å²) in [5.41, 5.74) is 3.55. The van der Waals surface area contributed by atoms with Crippen LogP contribution in [0.3, 0.4) is 0 Å². The van der Waals surface area contributed by atoms with E-state index < -0.39 is 5.97 Å². The summed E-state index contributed by atoms with van der Waals surface area (Å²) in [5.74, 6) is -0.888. The average Bonchev–Trinajstić information content (AvgIpc) is 2.95. The second-order valence-electron chi connectivity index (χ2n) is 5.00. The molecule has 1 aromatic heterocycles. The number of benzene rings is 1. The highest BCUT2D eigenvalue weighted by Gasteiger charge is 2.22. The summed E-state index contributed by atoms with van der Waals surface area (Å²) in [6.07, 6.45) is 1.64. The highest BCUT2D eigenvalue weighted by atomic mass is 35.5. The van der Waals surface area contributed by atoms with Crippen molar-refractivity contribution in [3.05, 3.63) is 51.8 Å². The van der Waals surface area contributed by atoms with E-state index in [9.17, 15) is 4.79 Å². The third-order valence-electron chi connectivity index (χ3n) is 3.63. The van der Waals surface area contributed by atoms with Gasteiger partial charge in [-0.05, 0) is 23.3 Å². The zero-order chi connectivity index (χ0) is 14.3. The molecule has 1 aliphatic rings. The molecule has 3 rings (SSSR count). The zero-order valence-corrected chi connectivity index (χ0v) is 11.8. The van der Waals surface area contributed by atoms with Gasteiger partial charge in [0.25, 0.3) is 0 Å². The molecule has 5 nitrogen and oxygen atoms in total. The van der Waals surface area contributed by atoms with Crippen molar-refractivity contribution in [2.75, 3.05) is 0 Å². The van der Waals surface area contributed by atoms with Crippen molar-refractivity contribution in [2.24, 2.45) is 7.05 Å². The molecule has 2 heterocycles. The number of hydrogen-bond acceptors (Lipinski definition) is 3. The van der Waals surface area contributed by atoms with Gasteiger partial charge < -0.3 is 5.11 Å². The molecule has 1 aromatic carbocycles. The fraction of sp³-hybridized carbons (Fsp3) is 0.286. The quantitative estimate of drug-likeness (QED) is 0.942. The van der Waals surface area contributed by atoms with Gasteiger partial charge in [-0.2, -0.15) is 5.10 Å². The Labute approximate surface area is 121 Å². The molecule has 0 amide bonds. The lowest BCUT2D eigenvalue weighted by Gasteiger charge is -2.15. The van der Waals surface area contributed by atoms with Crippen LogP contribution in [0.25, 0.3) is 0 Å². The molecule has 1 N–H and O–H groups in total. The standard InChI is InChI=1S/C14H14ClN3O2/c1-17-13(12(15)5-16-17)8-18-6-10-3-2-9(14(19)20)4-11(10)7-18/h2-5H,6-8H2,1H3,(H,19,20). The first-order valence-electron chi connectivity index (χ1n) is 6.28. The largest absolute Gasteiger partial charge is 0.478 e. The summed E-state index contributed by atoms with van der Waals surface area (Å²) in [7, 11) is 1.87. The van der Waals surface area contributed by atoms with E-state index >= 15 is 0 Å². The zero-order valence-electron chi connectivity index (χ0n) is 11.0. The van der Waals surface area contributed by atoms with Gasteiger partial charge in [-0.1, -0.05) is 17.7 Å². The number of rotatable bonds is 3. The number of carboxylic acids is 1. The second kappa shape index (κ2) is 4.92. The maximum Gasteiger partial charge on any atom is 0.335 e. The number of aromatic nitrogens is 2. The molecular formula is C14H14ClN3O2. The number of halogens is 1. The van der Waals surface area contributed by atoms with Crippen LogP contribution >= 0.6 is 11.6 Å². The molecule has 20 heavy (non-hydrogen) atoms. The Bertz CT molecular complexity index is 662. The molecule has 0 atom stereocenters. The molecule has 0 spiro atoms. The van der Waals surface area contributed by atoms with Crippen LogP contribution < -0.4 is 0 Å². The monoisotopic (exact) mass is 291 g/mol. The van der Waals surface area contributed by atoms with Crippen LogP contribution in [0.2, 0.25) is 5.02 Å². The van der Waals surface area contributed by atoms with Gasteiger partial charge in [-0.25, -0.2) is 4.79 Å². The summed E-state index contributed by atoms with van der Waals surface area (Å²) in [6, 6.07) is 5.30. The molecule has 0 radical (unpaired) electrons. The summed E-state index contributed by atoms with van der Waals surface area (Å²) >= 11 is 6.11. The van der Waals surface area contributed by atoms with E-state index in [4.69, 9.17) is 16.7 Å². The predicted molar refractivity (Wildman–Crippen MR) is 74.6 cm³/mol. The van der Waals surface area contributed by atoms with Crippen molar-refractivity contribution in [1.29, 1.82) is 0 Å². The lowest BCUT2D eigenvalue weighted by atomic mass is 10.1. The summed E-state index contributed by atoms with van der Waals surface area (Å²) < 4.78 is 1.77. The van der Waals surface area contributed by atoms with Crippen LogP contribution in [0, 0.1) is 0 Å². The minimum absolute atomic E-state index is 0.337. The number of aromatic carboxylic acids is 1. The van der Waals surface area contributed by atoms with Crippen LogP contribution in [-0.2, 0) is 26.7 Å². The SMILES string of the molecule is Cn1ncc(Cl)c1CN1Cc2ccc(C(=O)O)cc2C1. The molecule has 0 unspecified atom stereocenters. The van der Waals surface area contributed by atoms with E-state index in [0.29, 0.717) is 17.1 Å². The molecule has 0 saturated carbocycles. The highest BCUT2D eigenvalue weighted by Crippen LogP contribution is 2.27. The molecule has 0 saturated heterocycles. The highest BCUT2D eigenvalue weighted by molar-refractivity contribution is 6.31. The van der Waals surface area contributed by atoms with Gasteiger partial charge in [-0.3, -0.25) is 9.58 Å². The first kappa shape index (κ1) is 13.1. The van der Waals surface area contributed by atoms with Gasteiger partial charge in [0.2, 0.25) is 0 Å². The van der Waals surface area contributed by atoms with Crippen LogP contribution in [0.4, 0.5) is 0 Å². The molecule has 104 valence electrons. The van der Waals surface area contributed by atoms with E-state index in [1.807, 2.05) is 13.1 Å². The van der Waals surface area contributed by atoms with Gasteiger partial charge in [0.05, 0.1) is 22.5 Å². The van der Waals surface area contributed by atoms with Crippen molar-refractivity contribution in [2.45, 2.75) is 19.6 Å². The predicted octanol–water partition coefficient (Wildman–Crippen LogP) is 2.29. The number of fused-ring (bicyclic) bond motifs is 1. The van der Waals surface area contributed by atoms with Gasteiger partial charge in [0.15, 0.2) is 0 Å². The Hall–Kier alpha value is -1.85. The third kappa shape index (κ3) is 2.30. The van der Waals surface area contributed by atoms with Crippen molar-refractivity contribution in [1.82, 2.24) is 14.7 Å². The molecule has 0 fully saturated rings. The third-order valence-corrected chi connectivity index (χ3v) is 3.94. The smallest absolute Gasteiger partial charge is 0.335 e. The van der Waals surface area contributed by atoms with Crippen molar-refractivity contribution < 1.29 is 9.90 Å². The number of nitrogens with zero attached hydrogens (tertiary/aromatic N) is 3. The molecule has 0 aliphatic carbocycles. The van der Waals surface area contributed by atoms with E-state index in [1.165, 1.54) is 5.56 Å².